The van der Waals surface area contributed by atoms with Gasteiger partial charge in [0.2, 0.25) is 0 Å². The molecule has 0 unspecified atom stereocenters. The minimum absolute atomic E-state index is 0.177. The van der Waals surface area contributed by atoms with Gasteiger partial charge in [-0.2, -0.15) is 0 Å². The second-order valence-corrected chi connectivity index (χ2v) is 5.01. The first kappa shape index (κ1) is 14.1. The molecule has 0 atom stereocenters. The second kappa shape index (κ2) is 5.52. The van der Waals surface area contributed by atoms with Crippen molar-refractivity contribution >= 4 is 16.9 Å². The molecule has 3 rings (SSSR count). The van der Waals surface area contributed by atoms with Crippen molar-refractivity contribution in [2.75, 3.05) is 6.61 Å². The monoisotopic (exact) mass is 296 g/mol. The standard InChI is InChI=1S/C17H16N2O3/c1-3-22-17(21)15-13(12-8-5-9-18-12)16(20)11-7-4-6-10(2)14(11)19-15/h4-9,18H,3H2,1-2H3,(H,19,20). The number of H-pyrrole nitrogens is 2. The molecule has 2 aromatic heterocycles. The van der Waals surface area contributed by atoms with E-state index in [1.807, 2.05) is 19.1 Å². The zero-order valence-corrected chi connectivity index (χ0v) is 12.4. The molecule has 5 nitrogen and oxygen atoms in total. The summed E-state index contributed by atoms with van der Waals surface area (Å²) in [5.74, 6) is -0.533. The van der Waals surface area contributed by atoms with Gasteiger partial charge in [0.05, 0.1) is 23.4 Å². The van der Waals surface area contributed by atoms with Gasteiger partial charge in [-0.1, -0.05) is 12.1 Å². The van der Waals surface area contributed by atoms with E-state index < -0.39 is 5.97 Å². The Labute approximate surface area is 126 Å². The Morgan fingerprint density at radius 3 is 2.73 bits per heavy atom. The lowest BCUT2D eigenvalue weighted by atomic mass is 10.0. The minimum atomic E-state index is -0.533. The number of nitrogens with one attached hydrogen (secondary N) is 2. The van der Waals surface area contributed by atoms with Crippen molar-refractivity contribution in [3.63, 3.8) is 0 Å². The van der Waals surface area contributed by atoms with Crippen LogP contribution in [0.1, 0.15) is 23.0 Å². The third-order valence-corrected chi connectivity index (χ3v) is 3.59. The first-order valence-corrected chi connectivity index (χ1v) is 7.10. The molecule has 112 valence electrons. The number of esters is 1. The summed E-state index contributed by atoms with van der Waals surface area (Å²) in [5.41, 5.74) is 2.44. The molecule has 0 fully saturated rings. The normalized spacial score (nSPS) is 10.8. The van der Waals surface area contributed by atoms with Crippen LogP contribution in [0, 0.1) is 6.92 Å². The van der Waals surface area contributed by atoms with Crippen molar-refractivity contribution < 1.29 is 9.53 Å². The Balaban J connectivity index is 2.40. The van der Waals surface area contributed by atoms with E-state index in [0.717, 1.165) is 5.56 Å². The Morgan fingerprint density at radius 1 is 1.23 bits per heavy atom. The molecule has 0 spiro atoms. The highest BCUT2D eigenvalue weighted by atomic mass is 16.5. The number of hydrogen-bond acceptors (Lipinski definition) is 3. The lowest BCUT2D eigenvalue weighted by Gasteiger charge is -2.11. The summed E-state index contributed by atoms with van der Waals surface area (Å²) in [4.78, 5) is 31.2. The van der Waals surface area contributed by atoms with E-state index in [0.29, 0.717) is 22.2 Å². The van der Waals surface area contributed by atoms with Crippen molar-refractivity contribution in [2.24, 2.45) is 0 Å². The zero-order valence-electron chi connectivity index (χ0n) is 12.4. The number of aromatic nitrogens is 2. The number of pyridine rings is 1. The summed E-state index contributed by atoms with van der Waals surface area (Å²) < 4.78 is 5.09. The summed E-state index contributed by atoms with van der Waals surface area (Å²) in [6.45, 7) is 3.87. The molecule has 0 aliphatic carbocycles. The predicted octanol–water partition coefficient (Wildman–Crippen LogP) is 3.01. The second-order valence-electron chi connectivity index (χ2n) is 5.01. The molecule has 2 heterocycles. The van der Waals surface area contributed by atoms with Crippen molar-refractivity contribution in [1.29, 1.82) is 0 Å². The lowest BCUT2D eigenvalue weighted by Crippen LogP contribution is -2.17. The summed E-state index contributed by atoms with van der Waals surface area (Å²) in [6.07, 6.45) is 1.71. The lowest BCUT2D eigenvalue weighted by molar-refractivity contribution is 0.0521. The van der Waals surface area contributed by atoms with Gasteiger partial charge >= 0.3 is 5.97 Å². The smallest absolute Gasteiger partial charge is 0.355 e. The SMILES string of the molecule is CCOC(=O)c1[nH]c2c(C)cccc2c(=O)c1-c1ccc[nH]1. The van der Waals surface area contributed by atoms with Crippen LogP contribution in [0.4, 0.5) is 0 Å². The van der Waals surface area contributed by atoms with Gasteiger partial charge in [0.25, 0.3) is 0 Å². The van der Waals surface area contributed by atoms with Crippen LogP contribution >= 0.6 is 0 Å². The molecule has 5 heteroatoms. The summed E-state index contributed by atoms with van der Waals surface area (Å²) in [7, 11) is 0. The quantitative estimate of drug-likeness (QED) is 0.730. The molecule has 0 amide bonds. The van der Waals surface area contributed by atoms with Crippen molar-refractivity contribution in [2.45, 2.75) is 13.8 Å². The summed E-state index contributed by atoms with van der Waals surface area (Å²) in [6, 6.07) is 9.01. The molecule has 0 saturated carbocycles. The minimum Gasteiger partial charge on any atom is -0.461 e. The number of carbonyl (C=O) groups excluding carboxylic acids is 1. The molecular weight excluding hydrogens is 280 g/mol. The van der Waals surface area contributed by atoms with E-state index in [1.54, 1.807) is 31.3 Å². The van der Waals surface area contributed by atoms with Gasteiger partial charge < -0.3 is 14.7 Å². The fourth-order valence-electron chi connectivity index (χ4n) is 2.56. The molecular formula is C17H16N2O3. The van der Waals surface area contributed by atoms with Crippen LogP contribution in [-0.4, -0.2) is 22.5 Å². The van der Waals surface area contributed by atoms with E-state index >= 15 is 0 Å². The highest BCUT2D eigenvalue weighted by Crippen LogP contribution is 2.23. The van der Waals surface area contributed by atoms with E-state index in [4.69, 9.17) is 4.74 Å². The molecule has 2 N–H and O–H groups in total. The van der Waals surface area contributed by atoms with Gasteiger partial charge in [0, 0.05) is 11.6 Å². The van der Waals surface area contributed by atoms with Crippen LogP contribution in [0.3, 0.4) is 0 Å². The van der Waals surface area contributed by atoms with Gasteiger partial charge in [0.15, 0.2) is 5.43 Å². The number of ether oxygens (including phenoxy) is 1. The average Bonchev–Trinajstić information content (AvgIpc) is 3.02. The molecule has 3 aromatic rings. The molecule has 0 saturated heterocycles. The molecule has 0 aliphatic rings. The van der Waals surface area contributed by atoms with Crippen LogP contribution in [0.25, 0.3) is 22.2 Å². The van der Waals surface area contributed by atoms with E-state index in [-0.39, 0.29) is 17.7 Å². The Morgan fingerprint density at radius 2 is 2.05 bits per heavy atom. The number of aromatic amines is 2. The number of rotatable bonds is 3. The number of para-hydroxylation sites is 1. The fourth-order valence-corrected chi connectivity index (χ4v) is 2.56. The Bertz CT molecular complexity index is 892. The van der Waals surface area contributed by atoms with Crippen LogP contribution in [0.5, 0.6) is 0 Å². The van der Waals surface area contributed by atoms with Crippen LogP contribution in [-0.2, 0) is 4.74 Å². The summed E-state index contributed by atoms with van der Waals surface area (Å²) >= 11 is 0. The zero-order chi connectivity index (χ0) is 15.7. The topological polar surface area (TPSA) is 75.0 Å². The molecule has 1 aromatic carbocycles. The van der Waals surface area contributed by atoms with Crippen LogP contribution < -0.4 is 5.43 Å². The maximum absolute atomic E-state index is 12.9. The first-order chi connectivity index (χ1) is 10.6. The fraction of sp³-hybridized carbons (Fsp3) is 0.176. The van der Waals surface area contributed by atoms with Gasteiger partial charge in [-0.05, 0) is 37.6 Å². The van der Waals surface area contributed by atoms with E-state index in [9.17, 15) is 9.59 Å². The van der Waals surface area contributed by atoms with E-state index in [1.165, 1.54) is 0 Å². The predicted molar refractivity (Wildman–Crippen MR) is 85.0 cm³/mol. The highest BCUT2D eigenvalue weighted by Gasteiger charge is 2.21. The van der Waals surface area contributed by atoms with Crippen LogP contribution in [0.15, 0.2) is 41.3 Å². The highest BCUT2D eigenvalue weighted by molar-refractivity contribution is 5.99. The average molecular weight is 296 g/mol. The van der Waals surface area contributed by atoms with Crippen molar-refractivity contribution in [3.05, 3.63) is 58.0 Å². The molecule has 0 radical (unpaired) electrons. The number of carbonyl (C=O) groups is 1. The Hall–Kier alpha value is -2.82. The Kier molecular flexibility index (Phi) is 3.55. The third kappa shape index (κ3) is 2.20. The number of hydrogen-bond donors (Lipinski definition) is 2. The molecule has 22 heavy (non-hydrogen) atoms. The van der Waals surface area contributed by atoms with E-state index in [2.05, 4.69) is 9.97 Å². The number of benzene rings is 1. The maximum atomic E-state index is 12.9. The number of fused-ring (bicyclic) bond motifs is 1. The van der Waals surface area contributed by atoms with Gasteiger partial charge in [-0.25, -0.2) is 4.79 Å². The van der Waals surface area contributed by atoms with Gasteiger partial charge in [-0.15, -0.1) is 0 Å². The largest absolute Gasteiger partial charge is 0.461 e. The maximum Gasteiger partial charge on any atom is 0.355 e. The molecule has 0 aliphatic heterocycles. The molecule has 0 bridgehead atoms. The van der Waals surface area contributed by atoms with Crippen molar-refractivity contribution in [1.82, 2.24) is 9.97 Å². The van der Waals surface area contributed by atoms with Gasteiger partial charge in [-0.3, -0.25) is 4.79 Å². The van der Waals surface area contributed by atoms with Gasteiger partial charge in [0.1, 0.15) is 5.69 Å². The number of aryl methyl sites for hydroxylation is 1. The van der Waals surface area contributed by atoms with Crippen molar-refractivity contribution in [3.8, 4) is 11.3 Å². The first-order valence-electron chi connectivity index (χ1n) is 7.10. The third-order valence-electron chi connectivity index (χ3n) is 3.59. The van der Waals surface area contributed by atoms with Crippen LogP contribution in [0.2, 0.25) is 0 Å². The summed E-state index contributed by atoms with van der Waals surface area (Å²) in [5, 5.41) is 0.553.